The number of nitrogens with zero attached hydrogens (tertiary/aromatic N) is 5. The molecule has 3 heterocycles. The van der Waals surface area contributed by atoms with Crippen LogP contribution in [0, 0.1) is 6.92 Å². The van der Waals surface area contributed by atoms with Gasteiger partial charge in [-0.05, 0) is 13.8 Å². The van der Waals surface area contributed by atoms with Gasteiger partial charge in [0.15, 0.2) is 0 Å². The summed E-state index contributed by atoms with van der Waals surface area (Å²) < 4.78 is 9.72. The highest BCUT2D eigenvalue weighted by atomic mass is 35.5. The summed E-state index contributed by atoms with van der Waals surface area (Å²) in [5.74, 6) is 0. The van der Waals surface area contributed by atoms with E-state index < -0.39 is 0 Å². The van der Waals surface area contributed by atoms with Gasteiger partial charge in [0.05, 0.1) is 31.4 Å². The number of morpholine rings is 1. The van der Waals surface area contributed by atoms with E-state index in [9.17, 15) is 0 Å². The van der Waals surface area contributed by atoms with Crippen LogP contribution < -0.4 is 0 Å². The lowest BCUT2D eigenvalue weighted by Gasteiger charge is -2.30. The molecular formula is C21H28ClN5O. The zero-order chi connectivity index (χ0) is 18.8. The number of ether oxygens (including phenoxy) is 1. The molecule has 1 aromatic carbocycles. The van der Waals surface area contributed by atoms with E-state index in [0.29, 0.717) is 6.04 Å². The molecule has 6 nitrogen and oxygen atoms in total. The maximum Gasteiger partial charge on any atom is 0.102 e. The summed E-state index contributed by atoms with van der Waals surface area (Å²) in [6.07, 6.45) is 3.91. The molecule has 28 heavy (non-hydrogen) atoms. The topological polar surface area (TPSA) is 48.1 Å². The number of aryl methyl sites for hydroxylation is 1. The van der Waals surface area contributed by atoms with E-state index in [0.717, 1.165) is 61.1 Å². The minimum absolute atomic E-state index is 0. The van der Waals surface area contributed by atoms with Gasteiger partial charge in [0.1, 0.15) is 5.69 Å². The van der Waals surface area contributed by atoms with E-state index >= 15 is 0 Å². The molecule has 0 amide bonds. The van der Waals surface area contributed by atoms with Gasteiger partial charge in [-0.2, -0.15) is 5.10 Å². The Morgan fingerprint density at radius 1 is 1.14 bits per heavy atom. The summed E-state index contributed by atoms with van der Waals surface area (Å²) >= 11 is 0. The van der Waals surface area contributed by atoms with Gasteiger partial charge in [0.2, 0.25) is 0 Å². The maximum atomic E-state index is 5.48. The molecule has 7 heteroatoms. The Hall–Kier alpha value is -2.15. The van der Waals surface area contributed by atoms with Crippen LogP contribution in [0.2, 0.25) is 0 Å². The summed E-state index contributed by atoms with van der Waals surface area (Å²) in [5, 5.41) is 4.80. The molecule has 1 unspecified atom stereocenters. The molecule has 1 fully saturated rings. The highest BCUT2D eigenvalue weighted by Crippen LogP contribution is 2.35. The molecule has 0 spiro atoms. The number of halogens is 1. The number of hydrogen-bond acceptors (Lipinski definition) is 4. The van der Waals surface area contributed by atoms with E-state index in [-0.39, 0.29) is 12.4 Å². The molecule has 1 aliphatic rings. The Balaban J connectivity index is 0.00000225. The van der Waals surface area contributed by atoms with Crippen molar-refractivity contribution in [1.29, 1.82) is 0 Å². The lowest BCUT2D eigenvalue weighted by atomic mass is 10.0. The fourth-order valence-corrected chi connectivity index (χ4v) is 3.81. The van der Waals surface area contributed by atoms with E-state index in [1.807, 2.05) is 30.3 Å². The summed E-state index contributed by atoms with van der Waals surface area (Å²) in [7, 11) is 2.00. The van der Waals surface area contributed by atoms with Crippen molar-refractivity contribution in [3.63, 3.8) is 0 Å². The first-order valence-corrected chi connectivity index (χ1v) is 9.56. The lowest BCUT2D eigenvalue weighted by molar-refractivity contribution is 0.0326. The van der Waals surface area contributed by atoms with Crippen LogP contribution in [-0.4, -0.2) is 57.1 Å². The summed E-state index contributed by atoms with van der Waals surface area (Å²) in [5.41, 5.74) is 5.57. The Bertz CT molecular complexity index is 899. The minimum Gasteiger partial charge on any atom is -0.379 e. The zero-order valence-electron chi connectivity index (χ0n) is 16.7. The van der Waals surface area contributed by atoms with Crippen LogP contribution in [0.4, 0.5) is 0 Å². The van der Waals surface area contributed by atoms with Crippen molar-refractivity contribution in [2.75, 3.05) is 32.8 Å². The second kappa shape index (κ2) is 8.90. The predicted molar refractivity (Wildman–Crippen MR) is 114 cm³/mol. The third-order valence-corrected chi connectivity index (χ3v) is 5.40. The lowest BCUT2D eigenvalue weighted by Crippen LogP contribution is -2.39. The van der Waals surface area contributed by atoms with Gasteiger partial charge in [-0.25, -0.2) is 4.98 Å². The molecule has 0 N–H and O–H groups in total. The molecule has 0 saturated carbocycles. The van der Waals surface area contributed by atoms with E-state index in [2.05, 4.69) is 52.6 Å². The Morgan fingerprint density at radius 2 is 1.86 bits per heavy atom. The predicted octanol–water partition coefficient (Wildman–Crippen LogP) is 3.57. The van der Waals surface area contributed by atoms with Gasteiger partial charge in [-0.3, -0.25) is 9.58 Å². The molecule has 1 aliphatic heterocycles. The van der Waals surface area contributed by atoms with Crippen LogP contribution in [0.25, 0.3) is 22.5 Å². The molecular weight excluding hydrogens is 374 g/mol. The first kappa shape index (κ1) is 20.6. The van der Waals surface area contributed by atoms with E-state index in [4.69, 9.17) is 9.84 Å². The van der Waals surface area contributed by atoms with Crippen molar-refractivity contribution < 1.29 is 4.74 Å². The number of aromatic nitrogens is 4. The smallest absolute Gasteiger partial charge is 0.102 e. The van der Waals surface area contributed by atoms with E-state index in [1.54, 1.807) is 0 Å². The van der Waals surface area contributed by atoms with Crippen LogP contribution >= 0.6 is 12.4 Å². The van der Waals surface area contributed by atoms with Crippen molar-refractivity contribution in [3.05, 3.63) is 48.5 Å². The summed E-state index contributed by atoms with van der Waals surface area (Å²) in [6.45, 7) is 9.01. The third kappa shape index (κ3) is 3.99. The minimum atomic E-state index is 0. The monoisotopic (exact) mass is 401 g/mol. The van der Waals surface area contributed by atoms with Crippen molar-refractivity contribution >= 4 is 12.4 Å². The number of hydrogen-bond donors (Lipinski definition) is 0. The largest absolute Gasteiger partial charge is 0.379 e. The molecule has 0 bridgehead atoms. The van der Waals surface area contributed by atoms with Gasteiger partial charge >= 0.3 is 0 Å². The van der Waals surface area contributed by atoms with Crippen molar-refractivity contribution in [2.45, 2.75) is 19.9 Å². The molecule has 0 radical (unpaired) electrons. The molecule has 1 atom stereocenters. The third-order valence-electron chi connectivity index (χ3n) is 5.40. The van der Waals surface area contributed by atoms with E-state index in [1.165, 1.54) is 0 Å². The summed E-state index contributed by atoms with van der Waals surface area (Å²) in [6, 6.07) is 10.7. The van der Waals surface area contributed by atoms with Crippen molar-refractivity contribution in [3.8, 4) is 22.5 Å². The van der Waals surface area contributed by atoms with Gasteiger partial charge in [0.25, 0.3) is 0 Å². The molecule has 0 aliphatic carbocycles. The molecule has 3 aromatic rings. The second-order valence-electron chi connectivity index (χ2n) is 7.25. The fourth-order valence-electron chi connectivity index (χ4n) is 3.81. The van der Waals surface area contributed by atoms with Gasteiger partial charge < -0.3 is 9.30 Å². The normalized spacial score (nSPS) is 16.0. The SMILES string of the molecule is Cc1c(-c2cncn2C(C)CN2CCOCC2)c(-c2ccccc2)nn1C.Cl. The Morgan fingerprint density at radius 3 is 2.57 bits per heavy atom. The Kier molecular flexibility index (Phi) is 6.54. The quantitative estimate of drug-likeness (QED) is 0.655. The van der Waals surface area contributed by atoms with Gasteiger partial charge in [-0.15, -0.1) is 12.4 Å². The fraction of sp³-hybridized carbons (Fsp3) is 0.429. The first-order valence-electron chi connectivity index (χ1n) is 9.56. The van der Waals surface area contributed by atoms with Crippen LogP contribution in [0.15, 0.2) is 42.9 Å². The van der Waals surface area contributed by atoms with Crippen molar-refractivity contribution in [2.24, 2.45) is 7.05 Å². The first-order chi connectivity index (χ1) is 13.1. The highest BCUT2D eigenvalue weighted by Gasteiger charge is 2.22. The number of rotatable bonds is 5. The van der Waals surface area contributed by atoms with Gasteiger partial charge in [0, 0.05) is 49.5 Å². The molecule has 2 aromatic heterocycles. The number of benzene rings is 1. The molecule has 4 rings (SSSR count). The average molecular weight is 402 g/mol. The van der Waals surface area contributed by atoms with Crippen LogP contribution in [-0.2, 0) is 11.8 Å². The number of imidazole rings is 1. The molecule has 1 saturated heterocycles. The zero-order valence-corrected chi connectivity index (χ0v) is 17.5. The second-order valence-corrected chi connectivity index (χ2v) is 7.25. The van der Waals surface area contributed by atoms with Crippen LogP contribution in [0.1, 0.15) is 18.7 Å². The highest BCUT2D eigenvalue weighted by molar-refractivity contribution is 5.85. The average Bonchev–Trinajstić information content (AvgIpc) is 3.28. The standard InChI is InChI=1S/C21H27N5O.ClH/c1-16(14-25-9-11-27-12-10-25)26-15-22-13-19(26)20-17(2)24(3)23-21(20)18-7-5-4-6-8-18;/h4-8,13,15-16H,9-12,14H2,1-3H3;1H. The summed E-state index contributed by atoms with van der Waals surface area (Å²) in [4.78, 5) is 6.94. The van der Waals surface area contributed by atoms with Crippen LogP contribution in [0.3, 0.4) is 0 Å². The molecule has 150 valence electrons. The van der Waals surface area contributed by atoms with Gasteiger partial charge in [-0.1, -0.05) is 30.3 Å². The van der Waals surface area contributed by atoms with Crippen molar-refractivity contribution in [1.82, 2.24) is 24.2 Å². The van der Waals surface area contributed by atoms with Crippen LogP contribution in [0.5, 0.6) is 0 Å². The maximum absolute atomic E-state index is 5.48. The Labute approximate surface area is 172 Å².